The Kier molecular flexibility index (Phi) is 17.4. The number of rotatable bonds is 20. The Labute approximate surface area is 308 Å². The summed E-state index contributed by atoms with van der Waals surface area (Å²) < 4.78 is 0. The van der Waals surface area contributed by atoms with Gasteiger partial charge in [-0.2, -0.15) is 0 Å². The normalized spacial score (nSPS) is 11.9. The van der Waals surface area contributed by atoms with Crippen LogP contribution in [0.3, 0.4) is 0 Å². The molecule has 0 radical (unpaired) electrons. The minimum atomic E-state index is -0.681. The minimum absolute atomic E-state index is 0.0634. The molecule has 0 saturated heterocycles. The molecule has 0 unspecified atom stereocenters. The molecular formula is C36H50ClN11O4. The van der Waals surface area contributed by atoms with Crippen molar-refractivity contribution in [3.8, 4) is 11.1 Å². The zero-order valence-electron chi connectivity index (χ0n) is 29.3. The Bertz CT molecular complexity index is 1670. The molecule has 0 bridgehead atoms. The third-order valence-corrected chi connectivity index (χ3v) is 8.39. The van der Waals surface area contributed by atoms with Gasteiger partial charge in [0.2, 0.25) is 17.7 Å². The van der Waals surface area contributed by atoms with Crippen molar-refractivity contribution < 1.29 is 19.2 Å². The molecule has 0 saturated carbocycles. The fourth-order valence-corrected chi connectivity index (χ4v) is 5.25. The topological polar surface area (TPSA) is 273 Å². The number of nitrogen functional groups attached to an aromatic ring is 2. The van der Waals surface area contributed by atoms with E-state index in [9.17, 15) is 19.2 Å². The number of hydrogen-bond acceptors (Lipinski definition) is 11. The third kappa shape index (κ3) is 14.6. The van der Waals surface area contributed by atoms with Crippen molar-refractivity contribution in [2.24, 2.45) is 22.2 Å². The van der Waals surface area contributed by atoms with Crippen LogP contribution in [0.5, 0.6) is 0 Å². The summed E-state index contributed by atoms with van der Waals surface area (Å²) in [5.41, 5.74) is 32.5. The molecule has 16 heteroatoms. The van der Waals surface area contributed by atoms with Crippen LogP contribution in [0.1, 0.15) is 79.4 Å². The first-order valence-corrected chi connectivity index (χ1v) is 17.8. The van der Waals surface area contributed by atoms with E-state index in [1.54, 1.807) is 0 Å². The fraction of sp³-hybridized carbons (Fsp3) is 0.417. The van der Waals surface area contributed by atoms with Crippen molar-refractivity contribution in [2.45, 2.75) is 76.7 Å². The lowest BCUT2D eigenvalue weighted by Crippen LogP contribution is -2.41. The Morgan fingerprint density at radius 1 is 0.750 bits per heavy atom. The smallest absolute Gasteiger partial charge is 0.280 e. The van der Waals surface area contributed by atoms with Gasteiger partial charge in [0.05, 0.1) is 6.04 Å². The third-order valence-electron chi connectivity index (χ3n) is 8.11. The van der Waals surface area contributed by atoms with Crippen molar-refractivity contribution in [1.29, 1.82) is 0 Å². The molecular weight excluding hydrogens is 686 g/mol. The fourth-order valence-electron chi connectivity index (χ4n) is 5.12. The summed E-state index contributed by atoms with van der Waals surface area (Å²) in [6.07, 6.45) is 6.81. The van der Waals surface area contributed by atoms with Crippen LogP contribution in [0, 0.1) is 0 Å². The Hall–Kier alpha value is -5.12. The highest BCUT2D eigenvalue weighted by Crippen LogP contribution is 2.22. The quantitative estimate of drug-likeness (QED) is 0.0474. The maximum absolute atomic E-state index is 12.3. The lowest BCUT2D eigenvalue weighted by atomic mass is 9.99. The monoisotopic (exact) mass is 735 g/mol. The van der Waals surface area contributed by atoms with Crippen molar-refractivity contribution in [3.05, 3.63) is 70.5 Å². The van der Waals surface area contributed by atoms with Gasteiger partial charge < -0.3 is 34.0 Å². The summed E-state index contributed by atoms with van der Waals surface area (Å²) in [6.45, 7) is 1.43. The highest BCUT2D eigenvalue weighted by Gasteiger charge is 2.17. The number of nitrogens with zero attached hydrogens (tertiary/aromatic N) is 3. The van der Waals surface area contributed by atoms with E-state index in [4.69, 9.17) is 40.3 Å². The van der Waals surface area contributed by atoms with E-state index in [1.165, 1.54) is 5.56 Å². The summed E-state index contributed by atoms with van der Waals surface area (Å²) in [7, 11) is 0. The molecule has 13 N–H and O–H groups in total. The highest BCUT2D eigenvalue weighted by molar-refractivity contribution is 6.31. The van der Waals surface area contributed by atoms with E-state index < -0.39 is 11.9 Å². The number of nitrogens with two attached hydrogens (primary N) is 5. The first-order chi connectivity index (χ1) is 25.0. The number of aromatic nitrogens is 2. The number of carbonyl (C=O) groups excluding carboxylic acids is 4. The molecule has 0 aliphatic carbocycles. The second kappa shape index (κ2) is 22.0. The van der Waals surface area contributed by atoms with Gasteiger partial charge in [0.1, 0.15) is 0 Å². The van der Waals surface area contributed by atoms with Gasteiger partial charge in [0, 0.05) is 25.9 Å². The molecule has 0 aliphatic rings. The molecule has 3 rings (SSSR count). The average molecular weight is 736 g/mol. The van der Waals surface area contributed by atoms with Crippen LogP contribution in [-0.4, -0.2) is 65.2 Å². The van der Waals surface area contributed by atoms with Gasteiger partial charge in [-0.3, -0.25) is 34.8 Å². The summed E-state index contributed by atoms with van der Waals surface area (Å²) in [6, 6.07) is 15.8. The van der Waals surface area contributed by atoms with Crippen LogP contribution >= 0.6 is 11.6 Å². The van der Waals surface area contributed by atoms with Crippen LogP contribution in [-0.2, 0) is 27.2 Å². The Morgan fingerprint density at radius 3 is 2.04 bits per heavy atom. The van der Waals surface area contributed by atoms with Gasteiger partial charge in [-0.1, -0.05) is 66.6 Å². The summed E-state index contributed by atoms with van der Waals surface area (Å²) in [5.74, 6) is -1.82. The van der Waals surface area contributed by atoms with Crippen molar-refractivity contribution >= 4 is 52.8 Å². The minimum Gasteiger partial charge on any atom is -0.382 e. The van der Waals surface area contributed by atoms with E-state index >= 15 is 0 Å². The molecule has 0 fully saturated rings. The van der Waals surface area contributed by atoms with Crippen molar-refractivity contribution in [1.82, 2.24) is 25.9 Å². The molecule has 15 nitrogen and oxygen atoms in total. The zero-order valence-corrected chi connectivity index (χ0v) is 30.1. The number of guanidine groups is 1. The number of hydrogen-bond donors (Lipinski definition) is 8. The Morgan fingerprint density at radius 2 is 1.38 bits per heavy atom. The lowest BCUT2D eigenvalue weighted by Gasteiger charge is -2.11. The number of halogens is 1. The van der Waals surface area contributed by atoms with Crippen molar-refractivity contribution in [2.75, 3.05) is 31.1 Å². The van der Waals surface area contributed by atoms with E-state index in [0.29, 0.717) is 45.3 Å². The molecule has 1 atom stereocenters. The lowest BCUT2D eigenvalue weighted by molar-refractivity contribution is -0.130. The largest absolute Gasteiger partial charge is 0.382 e. The molecule has 4 amide bonds. The van der Waals surface area contributed by atoms with Gasteiger partial charge in [-0.05, 0) is 80.2 Å². The second-order valence-corrected chi connectivity index (χ2v) is 12.7. The number of anilines is 2. The average Bonchev–Trinajstić information content (AvgIpc) is 3.12. The SMILES string of the molecule is NCCCC[C@H](N)C(=O)NCCCCC(=O)NC(=O)CCc1ccc(-c2ccc(CCCCN=C(N)NC(=O)c3nc(Cl)c(N)nc3N)cc2)cc1. The summed E-state index contributed by atoms with van der Waals surface area (Å²) in [5, 5.41) is 7.52. The first kappa shape index (κ1) is 41.3. The van der Waals surface area contributed by atoms with Crippen LogP contribution < -0.4 is 44.6 Å². The Balaban J connectivity index is 1.30. The highest BCUT2D eigenvalue weighted by atomic mass is 35.5. The standard InChI is InChI=1S/C36H50ClN11O4/c37-31-33(41)47-32(40)30(46-31)35(52)48-36(42)44-22-5-2-7-23-10-15-25(16-11-23)26-17-12-24(13-18-26)14-19-29(50)45-28(49)9-3-6-21-43-34(51)27(39)8-1-4-20-38/h10-13,15-18,27H,1-9,14,19-22,38-39H2,(H,43,51)(H4,40,41,47)(H,45,49,50)(H3,42,44,48,52)/t27-/m0/s1. The number of aliphatic imine (C=N–C) groups is 1. The maximum atomic E-state index is 12.3. The van der Waals surface area contributed by atoms with Gasteiger partial charge in [0.25, 0.3) is 5.91 Å². The molecule has 3 aromatic rings. The predicted molar refractivity (Wildman–Crippen MR) is 204 cm³/mol. The number of nitrogens with one attached hydrogen (secondary N) is 3. The molecule has 0 aliphatic heterocycles. The van der Waals surface area contributed by atoms with Gasteiger partial charge >= 0.3 is 0 Å². The van der Waals surface area contributed by atoms with Gasteiger partial charge in [0.15, 0.2) is 28.4 Å². The first-order valence-electron chi connectivity index (χ1n) is 17.4. The molecule has 1 heterocycles. The summed E-state index contributed by atoms with van der Waals surface area (Å²) >= 11 is 5.82. The summed E-state index contributed by atoms with van der Waals surface area (Å²) in [4.78, 5) is 60.6. The molecule has 52 heavy (non-hydrogen) atoms. The van der Waals surface area contributed by atoms with E-state index in [2.05, 4.69) is 55.2 Å². The van der Waals surface area contributed by atoms with Crippen LogP contribution in [0.15, 0.2) is 53.5 Å². The second-order valence-electron chi connectivity index (χ2n) is 12.3. The van der Waals surface area contributed by atoms with E-state index in [-0.39, 0.29) is 59.0 Å². The van der Waals surface area contributed by atoms with Crippen LogP contribution in [0.2, 0.25) is 5.15 Å². The number of unbranched alkanes of at least 4 members (excludes halogenated alkanes) is 3. The van der Waals surface area contributed by atoms with Gasteiger partial charge in [-0.25, -0.2) is 9.97 Å². The number of imide groups is 1. The number of amides is 4. The zero-order chi connectivity index (χ0) is 37.9. The van der Waals surface area contributed by atoms with E-state index in [0.717, 1.165) is 48.8 Å². The molecule has 2 aromatic carbocycles. The molecule has 0 spiro atoms. The van der Waals surface area contributed by atoms with Crippen molar-refractivity contribution in [3.63, 3.8) is 0 Å². The number of benzene rings is 2. The number of aryl methyl sites for hydroxylation is 2. The van der Waals surface area contributed by atoms with Crippen LogP contribution in [0.4, 0.5) is 11.6 Å². The predicted octanol–water partition coefficient (Wildman–Crippen LogP) is 2.35. The number of carbonyl (C=O) groups is 4. The van der Waals surface area contributed by atoms with E-state index in [1.807, 2.05) is 24.3 Å². The van der Waals surface area contributed by atoms with Crippen LogP contribution in [0.25, 0.3) is 11.1 Å². The maximum Gasteiger partial charge on any atom is 0.280 e. The molecule has 1 aromatic heterocycles. The molecule has 280 valence electrons. The van der Waals surface area contributed by atoms with Gasteiger partial charge in [-0.15, -0.1) is 0 Å².